The molecule has 0 unspecified atom stereocenters. The Hall–Kier alpha value is -1.16. The number of hydrogen-bond donors (Lipinski definition) is 1. The van der Waals surface area contributed by atoms with Crippen LogP contribution in [0.15, 0.2) is 6.20 Å². The van der Waals surface area contributed by atoms with Crippen molar-refractivity contribution in [2.45, 2.75) is 58.1 Å². The molecule has 0 aromatic carbocycles. The Morgan fingerprint density at radius 1 is 1.39 bits per heavy atom. The van der Waals surface area contributed by atoms with Gasteiger partial charge in [0.2, 0.25) is 0 Å². The number of ether oxygens (including phenoxy) is 1. The molecule has 1 aliphatic carbocycles. The predicted octanol–water partition coefficient (Wildman–Crippen LogP) is 2.64. The fourth-order valence-corrected chi connectivity index (χ4v) is 2.28. The van der Waals surface area contributed by atoms with Crippen molar-refractivity contribution in [3.05, 3.63) is 17.7 Å². The lowest BCUT2D eigenvalue weighted by Crippen LogP contribution is -2.17. The third-order valence-corrected chi connectivity index (χ3v) is 3.30. The number of hydrogen-bond acceptors (Lipinski definition) is 4. The van der Waals surface area contributed by atoms with Gasteiger partial charge in [-0.15, -0.1) is 0 Å². The fourth-order valence-electron chi connectivity index (χ4n) is 2.28. The number of aromatic nitrogens is 2. The van der Waals surface area contributed by atoms with Crippen molar-refractivity contribution in [2.24, 2.45) is 0 Å². The van der Waals surface area contributed by atoms with Crippen LogP contribution in [-0.2, 0) is 6.54 Å². The Kier molecular flexibility index (Phi) is 4.53. The van der Waals surface area contributed by atoms with E-state index in [0.29, 0.717) is 12.0 Å². The minimum atomic E-state index is 0.348. The number of nitrogens with one attached hydrogen (secondary N) is 1. The second-order valence-corrected chi connectivity index (χ2v) is 5.25. The van der Waals surface area contributed by atoms with Gasteiger partial charge < -0.3 is 10.1 Å². The molecule has 1 heterocycles. The van der Waals surface area contributed by atoms with Gasteiger partial charge in [0.05, 0.1) is 18.0 Å². The maximum Gasteiger partial charge on any atom is 0.160 e. The molecular weight excluding hydrogens is 226 g/mol. The van der Waals surface area contributed by atoms with Crippen LogP contribution in [0.25, 0.3) is 0 Å². The summed E-state index contributed by atoms with van der Waals surface area (Å²) in [7, 11) is 1.93. The van der Waals surface area contributed by atoms with E-state index in [1.54, 1.807) is 0 Å². The molecule has 0 radical (unpaired) electrons. The molecule has 1 aromatic heterocycles. The molecule has 0 amide bonds. The van der Waals surface area contributed by atoms with Crippen LogP contribution in [0.4, 0.5) is 0 Å². The Bertz CT molecular complexity index is 387. The van der Waals surface area contributed by atoms with E-state index in [1.165, 1.54) is 12.8 Å². The SMILES string of the molecule is CNCc1nc(C(C)C)ncc1OC1CCCC1. The summed E-state index contributed by atoms with van der Waals surface area (Å²) in [6.07, 6.45) is 7.06. The Balaban J connectivity index is 2.16. The first-order valence-electron chi connectivity index (χ1n) is 6.87. The summed E-state index contributed by atoms with van der Waals surface area (Å²) in [4.78, 5) is 9.00. The normalized spacial score (nSPS) is 16.4. The van der Waals surface area contributed by atoms with Crippen molar-refractivity contribution in [2.75, 3.05) is 7.05 Å². The first-order valence-corrected chi connectivity index (χ1v) is 6.87. The van der Waals surface area contributed by atoms with Crippen molar-refractivity contribution in [3.63, 3.8) is 0 Å². The van der Waals surface area contributed by atoms with Gasteiger partial charge >= 0.3 is 0 Å². The topological polar surface area (TPSA) is 47.0 Å². The van der Waals surface area contributed by atoms with Crippen LogP contribution in [0.2, 0.25) is 0 Å². The van der Waals surface area contributed by atoms with E-state index in [-0.39, 0.29) is 0 Å². The lowest BCUT2D eigenvalue weighted by atomic mass is 10.2. The predicted molar refractivity (Wildman–Crippen MR) is 71.8 cm³/mol. The van der Waals surface area contributed by atoms with Crippen LogP contribution in [0.1, 0.15) is 57.0 Å². The molecule has 4 nitrogen and oxygen atoms in total. The van der Waals surface area contributed by atoms with E-state index < -0.39 is 0 Å². The van der Waals surface area contributed by atoms with Crippen molar-refractivity contribution in [1.82, 2.24) is 15.3 Å². The maximum absolute atomic E-state index is 6.03. The molecule has 1 N–H and O–H groups in total. The molecule has 1 aliphatic rings. The highest BCUT2D eigenvalue weighted by molar-refractivity contribution is 5.25. The van der Waals surface area contributed by atoms with Gasteiger partial charge in [-0.1, -0.05) is 13.8 Å². The molecule has 1 fully saturated rings. The fraction of sp³-hybridized carbons (Fsp3) is 0.714. The van der Waals surface area contributed by atoms with Gasteiger partial charge in [0.25, 0.3) is 0 Å². The number of rotatable bonds is 5. The summed E-state index contributed by atoms with van der Waals surface area (Å²) in [6, 6.07) is 0. The van der Waals surface area contributed by atoms with E-state index in [1.807, 2.05) is 13.2 Å². The Morgan fingerprint density at radius 2 is 2.11 bits per heavy atom. The third kappa shape index (κ3) is 3.19. The minimum Gasteiger partial charge on any atom is -0.487 e. The first-order chi connectivity index (χ1) is 8.70. The quantitative estimate of drug-likeness (QED) is 0.871. The molecule has 0 spiro atoms. The van der Waals surface area contributed by atoms with Crippen LogP contribution in [0.5, 0.6) is 5.75 Å². The summed E-state index contributed by atoms with van der Waals surface area (Å²) in [5.41, 5.74) is 0.975. The minimum absolute atomic E-state index is 0.348. The summed E-state index contributed by atoms with van der Waals surface area (Å²) in [5.74, 6) is 2.08. The van der Waals surface area contributed by atoms with E-state index in [2.05, 4.69) is 29.1 Å². The van der Waals surface area contributed by atoms with Crippen molar-refractivity contribution in [1.29, 1.82) is 0 Å². The van der Waals surface area contributed by atoms with Gasteiger partial charge in [-0.25, -0.2) is 9.97 Å². The molecule has 18 heavy (non-hydrogen) atoms. The van der Waals surface area contributed by atoms with Gasteiger partial charge in [-0.05, 0) is 32.7 Å². The zero-order chi connectivity index (χ0) is 13.0. The zero-order valence-corrected chi connectivity index (χ0v) is 11.6. The highest BCUT2D eigenvalue weighted by Gasteiger charge is 2.19. The lowest BCUT2D eigenvalue weighted by Gasteiger charge is -2.16. The standard InChI is InChI=1S/C14H23N3O/c1-10(2)14-16-9-13(12(17-14)8-15-3)18-11-6-4-5-7-11/h9-11,15H,4-8H2,1-3H3. The van der Waals surface area contributed by atoms with Crippen molar-refractivity contribution in [3.8, 4) is 5.75 Å². The molecule has 100 valence electrons. The van der Waals surface area contributed by atoms with E-state index >= 15 is 0 Å². The molecule has 1 saturated carbocycles. The van der Waals surface area contributed by atoms with Gasteiger partial charge in [0.1, 0.15) is 5.82 Å². The van der Waals surface area contributed by atoms with Crippen LogP contribution in [-0.4, -0.2) is 23.1 Å². The molecule has 0 atom stereocenters. The molecule has 4 heteroatoms. The van der Waals surface area contributed by atoms with Crippen LogP contribution in [0.3, 0.4) is 0 Å². The molecule has 0 aliphatic heterocycles. The van der Waals surface area contributed by atoms with Gasteiger partial charge in [0, 0.05) is 12.5 Å². The van der Waals surface area contributed by atoms with E-state index in [0.717, 1.165) is 36.7 Å². The van der Waals surface area contributed by atoms with Gasteiger partial charge in [-0.2, -0.15) is 0 Å². The summed E-state index contributed by atoms with van der Waals surface area (Å²) >= 11 is 0. The lowest BCUT2D eigenvalue weighted by molar-refractivity contribution is 0.205. The first kappa shape index (κ1) is 13.3. The molecule has 0 saturated heterocycles. The largest absolute Gasteiger partial charge is 0.487 e. The average Bonchev–Trinajstić information content (AvgIpc) is 2.84. The van der Waals surface area contributed by atoms with E-state index in [9.17, 15) is 0 Å². The third-order valence-electron chi connectivity index (χ3n) is 3.30. The van der Waals surface area contributed by atoms with Crippen molar-refractivity contribution < 1.29 is 4.74 Å². The smallest absolute Gasteiger partial charge is 0.160 e. The summed E-state index contributed by atoms with van der Waals surface area (Å²) in [5, 5.41) is 3.15. The van der Waals surface area contributed by atoms with Gasteiger partial charge in [0.15, 0.2) is 5.75 Å². The second-order valence-electron chi connectivity index (χ2n) is 5.25. The van der Waals surface area contributed by atoms with E-state index in [4.69, 9.17) is 4.74 Å². The molecule has 0 bridgehead atoms. The average molecular weight is 249 g/mol. The summed E-state index contributed by atoms with van der Waals surface area (Å²) in [6.45, 7) is 4.94. The Labute approximate surface area is 109 Å². The second kappa shape index (κ2) is 6.14. The Morgan fingerprint density at radius 3 is 2.72 bits per heavy atom. The summed E-state index contributed by atoms with van der Waals surface area (Å²) < 4.78 is 6.03. The van der Waals surface area contributed by atoms with Crippen molar-refractivity contribution >= 4 is 0 Å². The van der Waals surface area contributed by atoms with Gasteiger partial charge in [-0.3, -0.25) is 0 Å². The molecule has 1 aromatic rings. The maximum atomic E-state index is 6.03. The molecular formula is C14H23N3O. The van der Waals surface area contributed by atoms with Crippen LogP contribution < -0.4 is 10.1 Å². The monoisotopic (exact) mass is 249 g/mol. The zero-order valence-electron chi connectivity index (χ0n) is 11.6. The highest BCUT2D eigenvalue weighted by atomic mass is 16.5. The highest BCUT2D eigenvalue weighted by Crippen LogP contribution is 2.26. The molecule has 2 rings (SSSR count). The number of nitrogens with zero attached hydrogens (tertiary/aromatic N) is 2. The van der Waals surface area contributed by atoms with Crippen LogP contribution in [0, 0.1) is 0 Å². The van der Waals surface area contributed by atoms with Crippen LogP contribution >= 0.6 is 0 Å².